The van der Waals surface area contributed by atoms with Crippen molar-refractivity contribution in [3.63, 3.8) is 0 Å². The fraction of sp³-hybridized carbons (Fsp3) is 0.364. The van der Waals surface area contributed by atoms with Crippen molar-refractivity contribution in [2.24, 2.45) is 11.8 Å². The van der Waals surface area contributed by atoms with Gasteiger partial charge < -0.3 is 40.9 Å². The number of amides is 6. The fourth-order valence-corrected chi connectivity index (χ4v) is 20.4. The molecule has 0 unspecified atom stereocenters. The molecule has 8 heterocycles. The van der Waals surface area contributed by atoms with Crippen LogP contribution in [0.3, 0.4) is 0 Å². The largest absolute Gasteiger partial charge is 0.472 e. The van der Waals surface area contributed by atoms with Crippen LogP contribution in [0.2, 0.25) is 5.15 Å². The van der Waals surface area contributed by atoms with Crippen molar-refractivity contribution in [3.05, 3.63) is 210 Å². The van der Waals surface area contributed by atoms with Gasteiger partial charge in [-0.3, -0.25) is 38.2 Å². The predicted octanol–water partition coefficient (Wildman–Crippen LogP) is 13.0. The highest BCUT2D eigenvalue weighted by Gasteiger charge is 2.64. The lowest BCUT2D eigenvalue weighted by Gasteiger charge is -2.30. The Morgan fingerprint density at radius 3 is 1.43 bits per heavy atom. The van der Waals surface area contributed by atoms with E-state index < -0.39 is 108 Å². The third-order valence-electron chi connectivity index (χ3n) is 23.1. The number of sulfonamides is 2. The molecule has 4 aliphatic heterocycles. The number of hydrogen-bond donors (Lipinski definition) is 7. The van der Waals surface area contributed by atoms with E-state index in [2.05, 4.69) is 45.7 Å². The van der Waals surface area contributed by atoms with E-state index in [0.29, 0.717) is 100 Å². The normalized spacial score (nSPS) is 25.0. The first-order chi connectivity index (χ1) is 58.5. The molecule has 26 nitrogen and oxygen atoms in total. The minimum absolute atomic E-state index is 0.00512. The van der Waals surface area contributed by atoms with E-state index in [9.17, 15) is 59.5 Å². The van der Waals surface area contributed by atoms with Crippen LogP contribution in [0.15, 0.2) is 193 Å². The average molecular weight is 1740 g/mol. The Bertz CT molecular complexity index is 5830. The lowest BCUT2D eigenvalue weighted by atomic mass is 10.1. The third-order valence-corrected chi connectivity index (χ3v) is 28.5. The smallest absolute Gasteiger partial charge is 0.259 e. The molecule has 8 aliphatic rings. The molecular weight excluding hydrogens is 1650 g/mol. The van der Waals surface area contributed by atoms with Gasteiger partial charge in [-0.2, -0.15) is 4.98 Å². The van der Waals surface area contributed by atoms with Gasteiger partial charge in [-0.05, 0) is 150 Å². The van der Waals surface area contributed by atoms with Gasteiger partial charge in [0.1, 0.15) is 58.1 Å². The predicted molar refractivity (Wildman–Crippen MR) is 458 cm³/mol. The molecule has 6 fully saturated rings. The topological polar surface area (TPSA) is 356 Å². The maximum atomic E-state index is 14.9. The van der Waals surface area contributed by atoms with Gasteiger partial charge in [-0.1, -0.05) is 147 Å². The highest BCUT2D eigenvalue weighted by molar-refractivity contribution is 7.91. The molecular formula is C88H89ClF2N14O12S4. The second kappa shape index (κ2) is 36.0. The van der Waals surface area contributed by atoms with Crippen LogP contribution in [0.25, 0.3) is 67.1 Å². The minimum Gasteiger partial charge on any atom is -0.472 e. The number of para-hydroxylation sites is 2. The Morgan fingerprint density at radius 2 is 0.942 bits per heavy atom. The van der Waals surface area contributed by atoms with Crippen LogP contribution < -0.4 is 35.4 Å². The number of anilines is 2. The van der Waals surface area contributed by atoms with Crippen LogP contribution in [0.5, 0.6) is 5.88 Å². The quantitative estimate of drug-likeness (QED) is 0.0349. The Hall–Kier alpha value is -11.0. The summed E-state index contributed by atoms with van der Waals surface area (Å²) in [7, 11) is -7.73. The summed E-state index contributed by atoms with van der Waals surface area (Å²) in [4.78, 5) is 115. The number of rotatable bonds is 16. The number of thiazole rings is 2. The second-order valence-corrected chi connectivity index (χ2v) is 37.8. The molecule has 33 heteroatoms. The summed E-state index contributed by atoms with van der Waals surface area (Å²) in [6, 6.07) is 43.0. The highest BCUT2D eigenvalue weighted by Crippen LogP contribution is 2.48. The summed E-state index contributed by atoms with van der Waals surface area (Å²) >= 11 is 8.79. The van der Waals surface area contributed by atoms with Crippen molar-refractivity contribution >= 4 is 122 Å². The first-order valence-electron chi connectivity index (χ1n) is 40.8. The zero-order valence-electron chi connectivity index (χ0n) is 65.7. The van der Waals surface area contributed by atoms with Crippen LogP contribution in [-0.4, -0.2) is 168 Å². The second-order valence-electron chi connectivity index (χ2n) is 31.8. The van der Waals surface area contributed by atoms with Crippen LogP contribution >= 0.6 is 34.3 Å². The maximum Gasteiger partial charge on any atom is 0.259 e. The number of nitrogens with one attached hydrogen (secondary N) is 6. The molecule has 10 atom stereocenters. The van der Waals surface area contributed by atoms with E-state index in [1.807, 2.05) is 144 Å². The number of carbonyl (C=O) groups is 6. The Kier molecular flexibility index (Phi) is 24.8. The number of fused-ring (bicyclic) bond motifs is 6. The Balaban J connectivity index is 0.000000155. The van der Waals surface area contributed by atoms with Crippen molar-refractivity contribution in [2.45, 2.75) is 174 Å². The lowest BCUT2D eigenvalue weighted by molar-refractivity contribution is -0.140. The van der Waals surface area contributed by atoms with Gasteiger partial charge in [0.15, 0.2) is 21.9 Å². The number of aromatic nitrogens is 6. The maximum absolute atomic E-state index is 14.9. The molecule has 628 valence electrons. The zero-order valence-corrected chi connectivity index (χ0v) is 69.7. The van der Waals surface area contributed by atoms with Crippen molar-refractivity contribution in [1.29, 1.82) is 0 Å². The number of carbonyl (C=O) groups excluding carboxylic acids is 6. The standard InChI is InChI=1S/C44H44FN7O6S2.C30H36FN5O6S2.C14H9ClN2/c45-30-19-17-27(18-20-30)36-26-59-43(48-36)47-35-16-8-3-1-2-7-13-29-24-44(29,42(55)51-60(56,57)32-21-22-32)50-39(53)37-23-31(25-52(37)41(35)54)58-40-33-14-9-10-15-34(33)46-38(49-40)28-11-5-4-6-12-28;31-20-10-8-18(9-11-20)24-17-43-29(33-24)32-23-7-5-3-1-2-4-6-19-15-30(19,28(40)35-44(41,42)22-12-13-22)34-26(38)25-14-21(37)16-36(25)27(23)39;15-13-11-8-4-5-9-12(11)16-14(17-13)10-6-2-1-3-7-10/h4-7,9-15,17-20,26,29,31-32,35,37H,1-3,8,16,21-25H2,(H,47,48)(H,50,53)(H,51,55);4,6,8-11,17,19,21-23,25,37H,1-3,5,7,12-16H2,(H,32,33)(H,34,38)(H,35,40);1-9H/b13-7-;6-4-;/t29-,31-,35+,37+,44-;19-,21-,23+,25+,30-;/m11./s1. The van der Waals surface area contributed by atoms with Gasteiger partial charge in [0.2, 0.25) is 49.6 Å². The summed E-state index contributed by atoms with van der Waals surface area (Å²) in [5, 5.41) is 28.3. The van der Waals surface area contributed by atoms with Crippen LogP contribution in [0, 0.1) is 23.5 Å². The zero-order chi connectivity index (χ0) is 84.2. The van der Waals surface area contributed by atoms with Crippen molar-refractivity contribution < 1.29 is 64.2 Å². The molecule has 7 N–H and O–H groups in total. The number of benzene rings is 6. The Labute approximate surface area is 711 Å². The van der Waals surface area contributed by atoms with E-state index in [4.69, 9.17) is 31.3 Å². The number of ether oxygens (including phenoxy) is 1. The van der Waals surface area contributed by atoms with Gasteiger partial charge in [0.25, 0.3) is 11.8 Å². The monoisotopic (exact) mass is 1730 g/mol. The van der Waals surface area contributed by atoms with Gasteiger partial charge in [0, 0.05) is 69.6 Å². The molecule has 18 rings (SSSR count). The molecule has 0 radical (unpaired) electrons. The molecule has 4 aromatic heterocycles. The van der Waals surface area contributed by atoms with Crippen LogP contribution in [-0.2, 0) is 48.8 Å². The number of hydrogen-bond acceptors (Lipinski definition) is 22. The summed E-state index contributed by atoms with van der Waals surface area (Å²) in [6.45, 7) is -0.0161. The first-order valence-corrected chi connectivity index (χ1v) is 46.0. The number of nitrogens with zero attached hydrogens (tertiary/aromatic N) is 8. The summed E-state index contributed by atoms with van der Waals surface area (Å²) in [5.74, 6) is -3.51. The first kappa shape index (κ1) is 83.6. The molecule has 6 amide bonds. The molecule has 121 heavy (non-hydrogen) atoms. The minimum atomic E-state index is -3.90. The average Bonchev–Trinajstić information content (AvgIpc) is 1.58. The van der Waals surface area contributed by atoms with Crippen LogP contribution in [0.1, 0.15) is 116 Å². The van der Waals surface area contributed by atoms with E-state index in [-0.39, 0.29) is 68.1 Å². The molecule has 2 saturated heterocycles. The van der Waals surface area contributed by atoms with E-state index in [1.54, 1.807) is 24.3 Å². The third kappa shape index (κ3) is 19.5. The number of allylic oxidation sites excluding steroid dienone is 2. The van der Waals surface area contributed by atoms with Gasteiger partial charge in [-0.15, -0.1) is 22.7 Å². The number of aliphatic hydroxyl groups excluding tert-OH is 1. The van der Waals surface area contributed by atoms with Gasteiger partial charge in [-0.25, -0.2) is 50.5 Å². The van der Waals surface area contributed by atoms with E-state index in [0.717, 1.165) is 78.1 Å². The SMILES string of the molecule is Clc1nc(-c2ccccc2)nc2ccccc12.O=C1N[C@]2(C(=O)NS(=O)(=O)C3CC3)C[C@H]2/C=C\CCCCC[C@H](Nc2nc(-c3ccc(F)cc3)cs2)C(=O)N2C[C@H](O)C[C@@H]12.O=C1N[C@]2(C(=O)NS(=O)(=O)C3CC3)C[C@H]2/C=C\CCCCC[C@H](Nc2nc(-c3ccc(F)cc3)cs2)C(=O)N2C[C@H](Oc3nc(-c4ccccc4)nc4ccccc34)C[C@@H]12. The molecule has 10 aromatic rings. The van der Waals surface area contributed by atoms with Gasteiger partial charge >= 0.3 is 0 Å². The van der Waals surface area contributed by atoms with E-state index in [1.165, 1.54) is 56.7 Å². The van der Waals surface area contributed by atoms with E-state index >= 15 is 0 Å². The van der Waals surface area contributed by atoms with Crippen molar-refractivity contribution in [2.75, 3.05) is 23.7 Å². The highest BCUT2D eigenvalue weighted by atomic mass is 35.5. The fourth-order valence-electron chi connectivity index (χ4n) is 15.9. The molecule has 4 saturated carbocycles. The number of aliphatic hydroxyl groups is 1. The van der Waals surface area contributed by atoms with Gasteiger partial charge in [0.05, 0.1) is 51.0 Å². The molecule has 6 aromatic carbocycles. The molecule has 4 aliphatic carbocycles. The summed E-state index contributed by atoms with van der Waals surface area (Å²) in [5.41, 5.74) is 3.09. The molecule has 0 spiro atoms. The molecule has 0 bridgehead atoms. The lowest BCUT2D eigenvalue weighted by Crippen LogP contribution is -2.57. The number of halogens is 3. The van der Waals surface area contributed by atoms with Crippen LogP contribution in [0.4, 0.5) is 19.0 Å². The Morgan fingerprint density at radius 1 is 0.504 bits per heavy atom. The van der Waals surface area contributed by atoms with Crippen molar-refractivity contribution in [3.8, 4) is 51.2 Å². The summed E-state index contributed by atoms with van der Waals surface area (Å²) in [6.07, 6.45) is 15.7. The van der Waals surface area contributed by atoms with Crippen molar-refractivity contribution in [1.82, 2.24) is 59.8 Å². The summed E-state index contributed by atoms with van der Waals surface area (Å²) < 4.78 is 89.2.